The van der Waals surface area contributed by atoms with Gasteiger partial charge in [0.25, 0.3) is 0 Å². The summed E-state index contributed by atoms with van der Waals surface area (Å²) >= 11 is 6.57. The summed E-state index contributed by atoms with van der Waals surface area (Å²) in [5.41, 5.74) is 6.26. The van der Waals surface area contributed by atoms with Crippen molar-refractivity contribution >= 4 is 29.1 Å². The minimum Gasteiger partial charge on any atom is -0.396 e. The van der Waals surface area contributed by atoms with Crippen LogP contribution in [0.1, 0.15) is 19.4 Å². The van der Waals surface area contributed by atoms with E-state index in [-0.39, 0.29) is 19.2 Å². The van der Waals surface area contributed by atoms with Crippen LogP contribution in [-0.4, -0.2) is 65.7 Å². The molecule has 29 heavy (non-hydrogen) atoms. The Morgan fingerprint density at radius 1 is 1.38 bits per heavy atom. The Kier molecular flexibility index (Phi) is 6.05. The molecule has 2 heterocycles. The van der Waals surface area contributed by atoms with Crippen molar-refractivity contribution in [1.82, 2.24) is 15.1 Å². The summed E-state index contributed by atoms with van der Waals surface area (Å²) in [7, 11) is 0. The van der Waals surface area contributed by atoms with Crippen LogP contribution in [0, 0.1) is 17.2 Å². The molecule has 0 aliphatic carbocycles. The minimum absolute atomic E-state index is 0.0516. The molecule has 3 amide bonds. The number of amides is 3. The molecule has 1 aromatic carbocycles. The van der Waals surface area contributed by atoms with Gasteiger partial charge in [-0.1, -0.05) is 37.6 Å². The minimum atomic E-state index is -0.756. The Hall–Kier alpha value is -2.32. The van der Waals surface area contributed by atoms with Crippen LogP contribution in [0.4, 0.5) is 9.18 Å². The molecule has 2 atom stereocenters. The number of primary amides is 1. The number of carbonyl (C=O) groups excluding carboxylic acids is 2. The number of halogens is 2. The normalized spacial score (nSPS) is 22.0. The molecule has 1 fully saturated rings. The highest BCUT2D eigenvalue weighted by atomic mass is 35.5. The van der Waals surface area contributed by atoms with E-state index in [1.807, 2.05) is 18.7 Å². The van der Waals surface area contributed by atoms with E-state index in [0.29, 0.717) is 35.9 Å². The molecular formula is C20H26ClFN4O3. The Morgan fingerprint density at radius 2 is 2.10 bits per heavy atom. The second-order valence-corrected chi connectivity index (χ2v) is 8.64. The van der Waals surface area contributed by atoms with Crippen molar-refractivity contribution in [2.75, 3.05) is 32.8 Å². The summed E-state index contributed by atoms with van der Waals surface area (Å²) < 4.78 is 13.8. The molecule has 9 heteroatoms. The van der Waals surface area contributed by atoms with Gasteiger partial charge in [-0.15, -0.1) is 0 Å². The maximum Gasteiger partial charge on any atom is 0.317 e. The van der Waals surface area contributed by atoms with E-state index in [9.17, 15) is 19.1 Å². The average Bonchev–Trinajstić information content (AvgIpc) is 2.98. The summed E-state index contributed by atoms with van der Waals surface area (Å²) in [4.78, 5) is 28.4. The molecule has 3 rings (SSSR count). The summed E-state index contributed by atoms with van der Waals surface area (Å²) in [6.07, 6.45) is 0. The first-order valence-corrected chi connectivity index (χ1v) is 9.87. The number of hydrogen-bond acceptors (Lipinski definition) is 4. The number of nitrogens with zero attached hydrogens (tertiary/aromatic N) is 2. The number of benzene rings is 1. The maximum absolute atomic E-state index is 13.8. The summed E-state index contributed by atoms with van der Waals surface area (Å²) in [5.74, 6) is -1.76. The molecule has 2 aliphatic rings. The van der Waals surface area contributed by atoms with E-state index < -0.39 is 29.1 Å². The number of rotatable bonds is 5. The number of urea groups is 1. The van der Waals surface area contributed by atoms with Gasteiger partial charge < -0.3 is 26.0 Å². The highest BCUT2D eigenvalue weighted by molar-refractivity contribution is 6.33. The molecule has 2 aliphatic heterocycles. The van der Waals surface area contributed by atoms with E-state index in [2.05, 4.69) is 5.32 Å². The van der Waals surface area contributed by atoms with Gasteiger partial charge in [0.05, 0.1) is 12.0 Å². The Balaban J connectivity index is 1.80. The molecule has 7 nitrogen and oxygen atoms in total. The lowest BCUT2D eigenvalue weighted by Gasteiger charge is -2.40. The number of aliphatic hydroxyl groups excluding tert-OH is 1. The first kappa shape index (κ1) is 21.4. The number of nitrogens with two attached hydrogens (primary N) is 1. The highest BCUT2D eigenvalue weighted by Gasteiger charge is 2.47. The van der Waals surface area contributed by atoms with E-state index in [1.54, 1.807) is 17.0 Å². The predicted molar refractivity (Wildman–Crippen MR) is 108 cm³/mol. The van der Waals surface area contributed by atoms with Gasteiger partial charge in [-0.05, 0) is 17.7 Å². The first-order valence-electron chi connectivity index (χ1n) is 9.50. The third-order valence-corrected chi connectivity index (χ3v) is 5.89. The summed E-state index contributed by atoms with van der Waals surface area (Å²) in [6, 6.07) is 5.21. The number of aliphatic hydroxyl groups is 1. The molecule has 0 aromatic heterocycles. The van der Waals surface area contributed by atoms with Crippen LogP contribution in [0.25, 0.3) is 5.57 Å². The van der Waals surface area contributed by atoms with Crippen molar-refractivity contribution < 1.29 is 19.1 Å². The molecule has 0 radical (unpaired) electrons. The van der Waals surface area contributed by atoms with Crippen LogP contribution < -0.4 is 11.1 Å². The van der Waals surface area contributed by atoms with Gasteiger partial charge in [-0.3, -0.25) is 4.79 Å². The molecule has 158 valence electrons. The number of carbonyl (C=O) groups is 2. The van der Waals surface area contributed by atoms with E-state index in [0.717, 1.165) is 0 Å². The third kappa shape index (κ3) is 4.33. The lowest BCUT2D eigenvalue weighted by Crippen LogP contribution is -2.58. The fraction of sp³-hybridized carbons (Fsp3) is 0.500. The zero-order chi connectivity index (χ0) is 21.3. The van der Waals surface area contributed by atoms with Crippen LogP contribution in [-0.2, 0) is 4.79 Å². The summed E-state index contributed by atoms with van der Waals surface area (Å²) in [5, 5.41) is 12.5. The zero-order valence-electron chi connectivity index (χ0n) is 16.5. The Bertz CT molecular complexity index is 845. The van der Waals surface area contributed by atoms with Crippen LogP contribution in [0.5, 0.6) is 0 Å². The molecular weight excluding hydrogens is 399 g/mol. The second-order valence-electron chi connectivity index (χ2n) is 8.28. The van der Waals surface area contributed by atoms with Crippen LogP contribution in [0.3, 0.4) is 0 Å². The van der Waals surface area contributed by atoms with Gasteiger partial charge in [-0.25, -0.2) is 9.18 Å². The number of hydrogen-bond donors (Lipinski definition) is 3. The quantitative estimate of drug-likeness (QED) is 0.625. The fourth-order valence-electron chi connectivity index (χ4n) is 3.77. The van der Waals surface area contributed by atoms with Crippen molar-refractivity contribution in [1.29, 1.82) is 0 Å². The molecule has 1 aromatic rings. The smallest absolute Gasteiger partial charge is 0.317 e. The van der Waals surface area contributed by atoms with Gasteiger partial charge in [-0.2, -0.15) is 0 Å². The Morgan fingerprint density at radius 3 is 2.72 bits per heavy atom. The molecule has 4 N–H and O–H groups in total. The van der Waals surface area contributed by atoms with Gasteiger partial charge >= 0.3 is 6.03 Å². The molecule has 0 bridgehead atoms. The predicted octanol–water partition coefficient (Wildman–Crippen LogP) is 1.56. The van der Waals surface area contributed by atoms with Crippen LogP contribution in [0.2, 0.25) is 0 Å². The SMILES string of the molecule is CC(C)(CO)CNC(=O)N1CCN2C(Cl)=C(c3cccc(F)c3)C(C(N)=O)C2C1. The van der Waals surface area contributed by atoms with Crippen molar-refractivity contribution in [2.24, 2.45) is 17.1 Å². The average molecular weight is 425 g/mol. The van der Waals surface area contributed by atoms with Crippen molar-refractivity contribution in [3.05, 3.63) is 40.8 Å². The standard InChI is InChI=1S/C20H26ClFN4O3/c1-20(2,11-27)10-24-19(29)25-6-7-26-14(9-25)16(18(23)28)15(17(26)21)12-4-3-5-13(22)8-12/h3-5,8,14,16,27H,6-7,9-11H2,1-2H3,(H2,23,28)(H,24,29). The zero-order valence-corrected chi connectivity index (χ0v) is 17.2. The van der Waals surface area contributed by atoms with Gasteiger partial charge in [0.15, 0.2) is 0 Å². The third-order valence-electron chi connectivity index (χ3n) is 5.46. The lowest BCUT2D eigenvalue weighted by atomic mass is 9.88. The number of fused-ring (bicyclic) bond motifs is 1. The van der Waals surface area contributed by atoms with Crippen molar-refractivity contribution in [2.45, 2.75) is 19.9 Å². The van der Waals surface area contributed by atoms with E-state index >= 15 is 0 Å². The van der Waals surface area contributed by atoms with E-state index in [4.69, 9.17) is 17.3 Å². The highest BCUT2D eigenvalue weighted by Crippen LogP contribution is 2.43. The topological polar surface area (TPSA) is 98.9 Å². The largest absolute Gasteiger partial charge is 0.396 e. The second kappa shape index (κ2) is 8.20. The Labute approximate surface area is 174 Å². The van der Waals surface area contributed by atoms with Crippen LogP contribution in [0.15, 0.2) is 29.4 Å². The molecule has 2 unspecified atom stereocenters. The maximum atomic E-state index is 13.8. The van der Waals surface area contributed by atoms with Crippen molar-refractivity contribution in [3.8, 4) is 0 Å². The van der Waals surface area contributed by atoms with E-state index in [1.165, 1.54) is 12.1 Å². The van der Waals surface area contributed by atoms with Gasteiger partial charge in [0.2, 0.25) is 5.91 Å². The van der Waals surface area contributed by atoms with Gasteiger partial charge in [0.1, 0.15) is 11.0 Å². The van der Waals surface area contributed by atoms with Crippen molar-refractivity contribution in [3.63, 3.8) is 0 Å². The molecule has 0 saturated carbocycles. The fourth-order valence-corrected chi connectivity index (χ4v) is 4.20. The summed E-state index contributed by atoms with van der Waals surface area (Å²) in [6.45, 7) is 5.07. The van der Waals surface area contributed by atoms with Gasteiger partial charge in [0, 0.05) is 43.8 Å². The van der Waals surface area contributed by atoms with Crippen LogP contribution >= 0.6 is 11.6 Å². The molecule has 0 spiro atoms. The monoisotopic (exact) mass is 424 g/mol. The number of nitrogens with one attached hydrogen (secondary N) is 1. The number of piperazine rings is 1. The first-order chi connectivity index (χ1) is 13.6. The lowest BCUT2D eigenvalue weighted by molar-refractivity contribution is -0.121. The molecule has 1 saturated heterocycles.